The van der Waals surface area contributed by atoms with Gasteiger partial charge in [-0.15, -0.1) is 0 Å². The molecule has 0 saturated heterocycles. The molecule has 0 bridgehead atoms. The molecule has 2 N–H and O–H groups in total. The SMILES string of the molecule is CCCOc1cc(C)c(C(=O)c2ccccc2N)c(C)c1. The first-order chi connectivity index (χ1) is 10.0. The summed E-state index contributed by atoms with van der Waals surface area (Å²) in [7, 11) is 0. The van der Waals surface area contributed by atoms with Gasteiger partial charge >= 0.3 is 0 Å². The molecule has 0 aliphatic rings. The summed E-state index contributed by atoms with van der Waals surface area (Å²) in [5.41, 5.74) is 9.49. The maximum atomic E-state index is 12.7. The number of nitrogen functional groups attached to an aromatic ring is 1. The van der Waals surface area contributed by atoms with Crippen LogP contribution in [0.2, 0.25) is 0 Å². The first-order valence-corrected chi connectivity index (χ1v) is 7.17. The fourth-order valence-corrected chi connectivity index (χ4v) is 2.42. The number of nitrogens with two attached hydrogens (primary N) is 1. The Bertz CT molecular complexity index is 639. The molecule has 2 aromatic carbocycles. The zero-order valence-electron chi connectivity index (χ0n) is 12.8. The number of aryl methyl sites for hydroxylation is 2. The lowest BCUT2D eigenvalue weighted by atomic mass is 9.94. The van der Waals surface area contributed by atoms with Gasteiger partial charge in [0.05, 0.1) is 6.61 Å². The highest BCUT2D eigenvalue weighted by atomic mass is 16.5. The fraction of sp³-hybridized carbons (Fsp3) is 0.278. The number of hydrogen-bond donors (Lipinski definition) is 1. The van der Waals surface area contributed by atoms with Crippen LogP contribution in [0.4, 0.5) is 5.69 Å². The molecule has 0 saturated carbocycles. The van der Waals surface area contributed by atoms with Crippen LogP contribution in [0.1, 0.15) is 40.4 Å². The molecule has 0 aliphatic carbocycles. The summed E-state index contributed by atoms with van der Waals surface area (Å²) < 4.78 is 5.64. The highest BCUT2D eigenvalue weighted by Crippen LogP contribution is 2.26. The van der Waals surface area contributed by atoms with Crippen molar-refractivity contribution in [3.8, 4) is 5.75 Å². The predicted molar refractivity (Wildman–Crippen MR) is 86.0 cm³/mol. The number of rotatable bonds is 5. The Labute approximate surface area is 125 Å². The third-order valence-corrected chi connectivity index (χ3v) is 3.41. The zero-order valence-corrected chi connectivity index (χ0v) is 12.8. The Morgan fingerprint density at radius 2 is 1.76 bits per heavy atom. The molecule has 3 heteroatoms. The second-order valence-electron chi connectivity index (χ2n) is 5.20. The predicted octanol–water partition coefficient (Wildman–Crippen LogP) is 3.91. The van der Waals surface area contributed by atoms with Crippen molar-refractivity contribution < 1.29 is 9.53 Å². The molecule has 0 radical (unpaired) electrons. The maximum Gasteiger partial charge on any atom is 0.195 e. The normalized spacial score (nSPS) is 10.4. The van der Waals surface area contributed by atoms with E-state index in [0.717, 1.165) is 23.3 Å². The third kappa shape index (κ3) is 3.24. The molecule has 0 heterocycles. The van der Waals surface area contributed by atoms with Gasteiger partial charge < -0.3 is 10.5 Å². The highest BCUT2D eigenvalue weighted by Gasteiger charge is 2.17. The van der Waals surface area contributed by atoms with Gasteiger partial charge in [0.25, 0.3) is 0 Å². The van der Waals surface area contributed by atoms with Crippen molar-refractivity contribution in [2.45, 2.75) is 27.2 Å². The summed E-state index contributed by atoms with van der Waals surface area (Å²) in [5, 5.41) is 0. The first-order valence-electron chi connectivity index (χ1n) is 7.17. The Morgan fingerprint density at radius 3 is 2.33 bits per heavy atom. The van der Waals surface area contributed by atoms with Gasteiger partial charge in [0, 0.05) is 16.8 Å². The van der Waals surface area contributed by atoms with Crippen LogP contribution in [-0.2, 0) is 0 Å². The van der Waals surface area contributed by atoms with Crippen LogP contribution < -0.4 is 10.5 Å². The van der Waals surface area contributed by atoms with Gasteiger partial charge in [0.2, 0.25) is 0 Å². The molecule has 2 rings (SSSR count). The molecular formula is C18H21NO2. The molecular weight excluding hydrogens is 262 g/mol. The van der Waals surface area contributed by atoms with E-state index in [4.69, 9.17) is 10.5 Å². The standard InChI is InChI=1S/C18H21NO2/c1-4-9-21-14-10-12(2)17(13(3)11-14)18(20)15-7-5-6-8-16(15)19/h5-8,10-11H,4,9,19H2,1-3H3. The van der Waals surface area contributed by atoms with E-state index in [9.17, 15) is 4.79 Å². The molecule has 0 spiro atoms. The van der Waals surface area contributed by atoms with Gasteiger partial charge in [0.1, 0.15) is 5.75 Å². The highest BCUT2D eigenvalue weighted by molar-refractivity contribution is 6.13. The minimum atomic E-state index is -0.0369. The second kappa shape index (κ2) is 6.44. The molecule has 0 fully saturated rings. The van der Waals surface area contributed by atoms with Crippen molar-refractivity contribution in [3.05, 3.63) is 58.7 Å². The van der Waals surface area contributed by atoms with Crippen molar-refractivity contribution in [2.24, 2.45) is 0 Å². The van der Waals surface area contributed by atoms with E-state index in [-0.39, 0.29) is 5.78 Å². The van der Waals surface area contributed by atoms with Crippen LogP contribution >= 0.6 is 0 Å². The lowest BCUT2D eigenvalue weighted by molar-refractivity contribution is 0.103. The van der Waals surface area contributed by atoms with Crippen molar-refractivity contribution in [2.75, 3.05) is 12.3 Å². The van der Waals surface area contributed by atoms with Crippen molar-refractivity contribution >= 4 is 11.5 Å². The number of para-hydroxylation sites is 1. The summed E-state index contributed by atoms with van der Waals surface area (Å²) in [4.78, 5) is 12.7. The third-order valence-electron chi connectivity index (χ3n) is 3.41. The Kier molecular flexibility index (Phi) is 4.63. The smallest absolute Gasteiger partial charge is 0.195 e. The summed E-state index contributed by atoms with van der Waals surface area (Å²) in [6, 6.07) is 11.0. The lowest BCUT2D eigenvalue weighted by Crippen LogP contribution is -2.09. The van der Waals surface area contributed by atoms with Gasteiger partial charge in [-0.1, -0.05) is 19.1 Å². The molecule has 110 valence electrons. The van der Waals surface area contributed by atoms with Crippen LogP contribution in [0.15, 0.2) is 36.4 Å². The van der Waals surface area contributed by atoms with Crippen molar-refractivity contribution in [3.63, 3.8) is 0 Å². The van der Waals surface area contributed by atoms with Gasteiger partial charge in [-0.2, -0.15) is 0 Å². The monoisotopic (exact) mass is 283 g/mol. The summed E-state index contributed by atoms with van der Waals surface area (Å²) in [6.45, 7) is 6.60. The Morgan fingerprint density at radius 1 is 1.14 bits per heavy atom. The molecule has 0 aromatic heterocycles. The second-order valence-corrected chi connectivity index (χ2v) is 5.20. The fourth-order valence-electron chi connectivity index (χ4n) is 2.42. The first kappa shape index (κ1) is 15.1. The number of ether oxygens (including phenoxy) is 1. The molecule has 0 aliphatic heterocycles. The molecule has 0 atom stereocenters. The number of hydrogen-bond acceptors (Lipinski definition) is 3. The van der Waals surface area contributed by atoms with Gasteiger partial charge in [-0.05, 0) is 55.7 Å². The number of carbonyl (C=O) groups is 1. The average molecular weight is 283 g/mol. The van der Waals surface area contributed by atoms with E-state index in [1.165, 1.54) is 0 Å². The van der Waals surface area contributed by atoms with Gasteiger partial charge in [-0.3, -0.25) is 4.79 Å². The van der Waals surface area contributed by atoms with Gasteiger partial charge in [0.15, 0.2) is 5.78 Å². The van der Waals surface area contributed by atoms with Crippen molar-refractivity contribution in [1.82, 2.24) is 0 Å². The number of anilines is 1. The van der Waals surface area contributed by atoms with Crippen LogP contribution in [0, 0.1) is 13.8 Å². The van der Waals surface area contributed by atoms with Gasteiger partial charge in [-0.25, -0.2) is 0 Å². The quantitative estimate of drug-likeness (QED) is 0.668. The molecule has 0 unspecified atom stereocenters. The summed E-state index contributed by atoms with van der Waals surface area (Å²) in [5.74, 6) is 0.773. The minimum Gasteiger partial charge on any atom is -0.494 e. The Hall–Kier alpha value is -2.29. The van der Waals surface area contributed by atoms with E-state index >= 15 is 0 Å². The van der Waals surface area contributed by atoms with Crippen LogP contribution in [0.3, 0.4) is 0 Å². The number of ketones is 1. The average Bonchev–Trinajstić information content (AvgIpc) is 2.44. The summed E-state index contributed by atoms with van der Waals surface area (Å²) in [6.07, 6.45) is 0.958. The van der Waals surface area contributed by atoms with Crippen LogP contribution in [0.25, 0.3) is 0 Å². The number of carbonyl (C=O) groups excluding carboxylic acids is 1. The largest absolute Gasteiger partial charge is 0.494 e. The summed E-state index contributed by atoms with van der Waals surface area (Å²) >= 11 is 0. The molecule has 2 aromatic rings. The van der Waals surface area contributed by atoms with Crippen molar-refractivity contribution in [1.29, 1.82) is 0 Å². The van der Waals surface area contributed by atoms with Crippen LogP contribution in [-0.4, -0.2) is 12.4 Å². The maximum absolute atomic E-state index is 12.7. The van der Waals surface area contributed by atoms with E-state index < -0.39 is 0 Å². The Balaban J connectivity index is 2.40. The molecule has 3 nitrogen and oxygen atoms in total. The lowest BCUT2D eigenvalue weighted by Gasteiger charge is -2.13. The van der Waals surface area contributed by atoms with E-state index in [0.29, 0.717) is 23.4 Å². The number of benzene rings is 2. The van der Waals surface area contributed by atoms with E-state index in [1.54, 1.807) is 12.1 Å². The zero-order chi connectivity index (χ0) is 15.4. The van der Waals surface area contributed by atoms with E-state index in [2.05, 4.69) is 6.92 Å². The molecule has 21 heavy (non-hydrogen) atoms. The topological polar surface area (TPSA) is 52.3 Å². The minimum absolute atomic E-state index is 0.0369. The van der Waals surface area contributed by atoms with Crippen LogP contribution in [0.5, 0.6) is 5.75 Å². The molecule has 0 amide bonds. The van der Waals surface area contributed by atoms with E-state index in [1.807, 2.05) is 38.1 Å².